The smallest absolute Gasteiger partial charge is 0.240 e. The van der Waals surface area contributed by atoms with Gasteiger partial charge in [0.25, 0.3) is 0 Å². The van der Waals surface area contributed by atoms with Crippen LogP contribution in [0.1, 0.15) is 31.4 Å². The van der Waals surface area contributed by atoms with Crippen LogP contribution in [0.25, 0.3) is 10.8 Å². The molecule has 0 aliphatic heterocycles. The fraction of sp³-hybridized carbons (Fsp3) is 0.423. The summed E-state index contributed by atoms with van der Waals surface area (Å²) < 4.78 is 1.90. The van der Waals surface area contributed by atoms with Gasteiger partial charge in [-0.25, -0.2) is 4.31 Å². The van der Waals surface area contributed by atoms with Crippen molar-refractivity contribution in [2.45, 2.75) is 31.8 Å². The zero-order valence-corrected chi connectivity index (χ0v) is 20.9. The highest BCUT2D eigenvalue weighted by molar-refractivity contribution is 7.96. The molecule has 2 unspecified atom stereocenters. The second-order valence-corrected chi connectivity index (χ2v) is 8.92. The third kappa shape index (κ3) is 8.17. The number of nitrogens with zero attached hydrogens (tertiary/aromatic N) is 2. The Morgan fingerprint density at radius 2 is 1.88 bits per heavy atom. The summed E-state index contributed by atoms with van der Waals surface area (Å²) in [5, 5.41) is 7.56. The number of aldehydes is 1. The van der Waals surface area contributed by atoms with E-state index in [9.17, 15) is 14.4 Å². The first kappa shape index (κ1) is 27.4. The summed E-state index contributed by atoms with van der Waals surface area (Å²) in [6.07, 6.45) is 8.94. The maximum atomic E-state index is 12.4. The van der Waals surface area contributed by atoms with Gasteiger partial charge in [0.05, 0.1) is 19.6 Å². The van der Waals surface area contributed by atoms with E-state index < -0.39 is 0 Å². The lowest BCUT2D eigenvalue weighted by molar-refractivity contribution is -0.126. The van der Waals surface area contributed by atoms with E-state index >= 15 is 0 Å². The molecule has 0 saturated heterocycles. The standard InChI is InChI=1S/C26H34N4O3S/c1-5-15-27-25(32)18-28-26(33)19-30(34-4)22(14-17-31)13-16-29(3)20(2)23-12-8-10-21-9-6-7-11-24(21)23/h1,6-12,17,20,22H,13-16,18-19H2,2-4H3,(H,27,32)(H,28,33). The monoisotopic (exact) mass is 482 g/mol. The highest BCUT2D eigenvalue weighted by atomic mass is 32.2. The van der Waals surface area contributed by atoms with Gasteiger partial charge in [-0.2, -0.15) is 0 Å². The second kappa shape index (κ2) is 14.4. The van der Waals surface area contributed by atoms with Gasteiger partial charge in [-0.15, -0.1) is 6.42 Å². The second-order valence-electron chi connectivity index (χ2n) is 8.09. The molecular formula is C26H34N4O3S. The van der Waals surface area contributed by atoms with Crippen molar-refractivity contribution in [3.63, 3.8) is 0 Å². The SMILES string of the molecule is C#CCNC(=O)CNC(=O)CN(SC)C(CC=O)CCN(C)C(C)c1cccc2ccccc12. The number of carbonyl (C=O) groups excluding carboxylic acids is 3. The van der Waals surface area contributed by atoms with Crippen LogP contribution in [0.15, 0.2) is 42.5 Å². The summed E-state index contributed by atoms with van der Waals surface area (Å²) in [5.41, 5.74) is 1.26. The van der Waals surface area contributed by atoms with Crippen molar-refractivity contribution in [1.82, 2.24) is 19.8 Å². The van der Waals surface area contributed by atoms with E-state index in [2.05, 4.69) is 71.8 Å². The molecule has 0 aliphatic carbocycles. The first-order chi connectivity index (χ1) is 16.4. The molecule has 8 heteroatoms. The van der Waals surface area contributed by atoms with Crippen LogP contribution in [0.4, 0.5) is 0 Å². The molecule has 0 aliphatic rings. The molecule has 2 N–H and O–H groups in total. The number of carbonyl (C=O) groups is 3. The van der Waals surface area contributed by atoms with Crippen LogP contribution in [0.3, 0.4) is 0 Å². The van der Waals surface area contributed by atoms with E-state index in [-0.39, 0.29) is 43.5 Å². The normalized spacial score (nSPS) is 12.8. The molecule has 182 valence electrons. The Labute approximate surface area is 206 Å². The van der Waals surface area contributed by atoms with Gasteiger partial charge in [0.2, 0.25) is 11.8 Å². The Morgan fingerprint density at radius 3 is 2.59 bits per heavy atom. The first-order valence-electron chi connectivity index (χ1n) is 11.3. The van der Waals surface area contributed by atoms with Crippen molar-refractivity contribution in [3.05, 3.63) is 48.0 Å². The molecule has 34 heavy (non-hydrogen) atoms. The summed E-state index contributed by atoms with van der Waals surface area (Å²) in [6, 6.07) is 14.8. The summed E-state index contributed by atoms with van der Waals surface area (Å²) >= 11 is 1.42. The van der Waals surface area contributed by atoms with Crippen molar-refractivity contribution in [2.24, 2.45) is 0 Å². The Hall–Kier alpha value is -2.86. The maximum Gasteiger partial charge on any atom is 0.240 e. The molecule has 2 aromatic rings. The highest BCUT2D eigenvalue weighted by Crippen LogP contribution is 2.28. The molecule has 0 fully saturated rings. The predicted octanol–water partition coefficient (Wildman–Crippen LogP) is 2.63. The first-order valence-corrected chi connectivity index (χ1v) is 12.5. The van der Waals surface area contributed by atoms with Crippen molar-refractivity contribution in [1.29, 1.82) is 0 Å². The van der Waals surface area contributed by atoms with Crippen LogP contribution in [-0.2, 0) is 14.4 Å². The average Bonchev–Trinajstić information content (AvgIpc) is 2.86. The van der Waals surface area contributed by atoms with E-state index in [1.54, 1.807) is 0 Å². The molecule has 0 aromatic heterocycles. The van der Waals surface area contributed by atoms with Crippen LogP contribution in [0.2, 0.25) is 0 Å². The Kier molecular flexibility index (Phi) is 11.6. The molecular weight excluding hydrogens is 448 g/mol. The minimum absolute atomic E-state index is 0.0880. The molecule has 2 amide bonds. The van der Waals surface area contributed by atoms with Crippen molar-refractivity contribution in [3.8, 4) is 12.3 Å². The summed E-state index contributed by atoms with van der Waals surface area (Å²) in [7, 11) is 2.08. The summed E-state index contributed by atoms with van der Waals surface area (Å²) in [4.78, 5) is 37.7. The molecule has 7 nitrogen and oxygen atoms in total. The van der Waals surface area contributed by atoms with Crippen molar-refractivity contribution >= 4 is 40.8 Å². The van der Waals surface area contributed by atoms with Crippen LogP contribution in [0, 0.1) is 12.3 Å². The number of benzene rings is 2. The fourth-order valence-corrected chi connectivity index (χ4v) is 4.56. The van der Waals surface area contributed by atoms with Gasteiger partial charge in [0.15, 0.2) is 0 Å². The number of rotatable bonds is 14. The van der Waals surface area contributed by atoms with Crippen LogP contribution in [-0.4, -0.2) is 72.8 Å². The minimum atomic E-state index is -0.338. The lowest BCUT2D eigenvalue weighted by Crippen LogP contribution is -2.43. The van der Waals surface area contributed by atoms with E-state index in [4.69, 9.17) is 6.42 Å². The van der Waals surface area contributed by atoms with E-state index in [0.717, 1.165) is 19.3 Å². The van der Waals surface area contributed by atoms with Crippen LogP contribution >= 0.6 is 11.9 Å². The molecule has 0 bridgehead atoms. The molecule has 0 spiro atoms. The predicted molar refractivity (Wildman–Crippen MR) is 139 cm³/mol. The third-order valence-electron chi connectivity index (χ3n) is 5.89. The Balaban J connectivity index is 1.96. The maximum absolute atomic E-state index is 12.4. The number of nitrogens with one attached hydrogen (secondary N) is 2. The molecule has 0 radical (unpaired) electrons. The summed E-state index contributed by atoms with van der Waals surface area (Å²) in [5.74, 6) is 1.70. The lowest BCUT2D eigenvalue weighted by Gasteiger charge is -2.31. The lowest BCUT2D eigenvalue weighted by atomic mass is 9.98. The van der Waals surface area contributed by atoms with Gasteiger partial charge in [-0.05, 0) is 49.5 Å². The quantitative estimate of drug-likeness (QED) is 0.245. The van der Waals surface area contributed by atoms with Gasteiger partial charge in [0.1, 0.15) is 6.29 Å². The van der Waals surface area contributed by atoms with Crippen LogP contribution < -0.4 is 10.6 Å². The van der Waals surface area contributed by atoms with E-state index in [1.165, 1.54) is 28.3 Å². The number of hydrogen-bond acceptors (Lipinski definition) is 6. The number of amides is 2. The Bertz CT molecular complexity index is 1000. The highest BCUT2D eigenvalue weighted by Gasteiger charge is 2.22. The van der Waals surface area contributed by atoms with E-state index in [1.807, 2.05) is 16.6 Å². The van der Waals surface area contributed by atoms with E-state index in [0.29, 0.717) is 6.42 Å². The van der Waals surface area contributed by atoms with Gasteiger partial charge in [-0.1, -0.05) is 60.3 Å². The molecule has 2 rings (SSSR count). The Morgan fingerprint density at radius 1 is 1.15 bits per heavy atom. The average molecular weight is 483 g/mol. The van der Waals surface area contributed by atoms with Gasteiger partial charge < -0.3 is 15.4 Å². The van der Waals surface area contributed by atoms with Gasteiger partial charge >= 0.3 is 0 Å². The topological polar surface area (TPSA) is 81.8 Å². The molecule has 0 saturated carbocycles. The van der Waals surface area contributed by atoms with Crippen molar-refractivity contribution < 1.29 is 14.4 Å². The molecule has 0 heterocycles. The summed E-state index contributed by atoms with van der Waals surface area (Å²) in [6.45, 7) is 3.02. The third-order valence-corrected chi connectivity index (χ3v) is 6.79. The largest absolute Gasteiger partial charge is 0.346 e. The number of terminal acetylenes is 1. The van der Waals surface area contributed by atoms with Crippen molar-refractivity contribution in [2.75, 3.05) is 39.5 Å². The number of fused-ring (bicyclic) bond motifs is 1. The minimum Gasteiger partial charge on any atom is -0.346 e. The van der Waals surface area contributed by atoms with Gasteiger partial charge in [0, 0.05) is 18.5 Å². The number of hydrogen-bond donors (Lipinski definition) is 2. The fourth-order valence-electron chi connectivity index (χ4n) is 3.82. The zero-order chi connectivity index (χ0) is 24.9. The van der Waals surface area contributed by atoms with Gasteiger partial charge in [-0.3, -0.25) is 14.5 Å². The van der Waals surface area contributed by atoms with Crippen LogP contribution in [0.5, 0.6) is 0 Å². The zero-order valence-electron chi connectivity index (χ0n) is 20.1. The molecule has 2 atom stereocenters. The molecule has 2 aromatic carbocycles.